The molecule has 0 N–H and O–H groups in total. The molecule has 0 radical (unpaired) electrons. The summed E-state index contributed by atoms with van der Waals surface area (Å²) in [7, 11) is -3.79. The second kappa shape index (κ2) is 5.82. The smallest absolute Gasteiger partial charge is 0.264 e. The first-order valence-corrected chi connectivity index (χ1v) is 9.22. The van der Waals surface area contributed by atoms with Crippen LogP contribution in [-0.4, -0.2) is 22.6 Å². The van der Waals surface area contributed by atoms with E-state index >= 15 is 0 Å². The highest BCUT2D eigenvalue weighted by molar-refractivity contribution is 7.90. The van der Waals surface area contributed by atoms with E-state index in [0.29, 0.717) is 16.6 Å². The maximum absolute atomic E-state index is 13.1. The highest BCUT2D eigenvalue weighted by Crippen LogP contribution is 2.29. The van der Waals surface area contributed by atoms with Gasteiger partial charge in [0, 0.05) is 23.3 Å². The van der Waals surface area contributed by atoms with Gasteiger partial charge in [0.2, 0.25) is 0 Å². The van der Waals surface area contributed by atoms with Gasteiger partial charge in [-0.15, -0.1) is 0 Å². The largest absolute Gasteiger partial charge is 0.283 e. The Morgan fingerprint density at radius 1 is 0.920 bits per heavy atom. The van der Waals surface area contributed by atoms with Crippen molar-refractivity contribution in [2.75, 3.05) is 0 Å². The Hall–Kier alpha value is -2.99. The summed E-state index contributed by atoms with van der Waals surface area (Å²) in [5.41, 5.74) is 2.95. The summed E-state index contributed by atoms with van der Waals surface area (Å²) in [5, 5.41) is 5.12. The van der Waals surface area contributed by atoms with Gasteiger partial charge in [-0.2, -0.15) is 17.6 Å². The maximum atomic E-state index is 13.1. The van der Waals surface area contributed by atoms with Crippen molar-refractivity contribution in [3.63, 3.8) is 0 Å². The zero-order chi connectivity index (χ0) is 17.4. The Morgan fingerprint density at radius 3 is 2.36 bits per heavy atom. The molecule has 0 atom stereocenters. The molecule has 0 bridgehead atoms. The molecule has 0 unspecified atom stereocenters. The maximum Gasteiger partial charge on any atom is 0.283 e. The van der Waals surface area contributed by atoms with Gasteiger partial charge in [-0.1, -0.05) is 48.0 Å². The standard InChI is InChI=1S/C19H15N3O2S/c1-14-7-9-16(10-8-14)25(23,24)22-18-11-12-20-13-17(18)19(21-22)15-5-3-2-4-6-15/h2-13H,1H3. The lowest BCUT2D eigenvalue weighted by Crippen LogP contribution is -2.14. The molecule has 2 heterocycles. The SMILES string of the molecule is Cc1ccc(S(=O)(=O)n2nc(-c3ccccc3)c3cnccc32)cc1. The van der Waals surface area contributed by atoms with Crippen LogP contribution in [0.15, 0.2) is 78.0 Å². The monoisotopic (exact) mass is 349 g/mol. The molecule has 5 nitrogen and oxygen atoms in total. The number of aryl methyl sites for hydroxylation is 1. The van der Waals surface area contributed by atoms with E-state index in [1.807, 2.05) is 37.3 Å². The van der Waals surface area contributed by atoms with Gasteiger partial charge in [-0.25, -0.2) is 0 Å². The van der Waals surface area contributed by atoms with Crippen LogP contribution in [0.2, 0.25) is 0 Å². The molecule has 0 fully saturated rings. The molecule has 124 valence electrons. The molecule has 4 aromatic rings. The summed E-state index contributed by atoms with van der Waals surface area (Å²) >= 11 is 0. The first-order valence-electron chi connectivity index (χ1n) is 7.78. The molecule has 2 aromatic carbocycles. The van der Waals surface area contributed by atoms with E-state index in [9.17, 15) is 8.42 Å². The fraction of sp³-hybridized carbons (Fsp3) is 0.0526. The van der Waals surface area contributed by atoms with Gasteiger partial charge >= 0.3 is 0 Å². The number of pyridine rings is 1. The Balaban J connectivity index is 1.98. The van der Waals surface area contributed by atoms with Crippen molar-refractivity contribution in [1.82, 2.24) is 14.2 Å². The van der Waals surface area contributed by atoms with Crippen LogP contribution in [0.1, 0.15) is 5.56 Å². The van der Waals surface area contributed by atoms with Crippen LogP contribution < -0.4 is 0 Å². The fourth-order valence-electron chi connectivity index (χ4n) is 2.74. The normalized spacial score (nSPS) is 11.7. The van der Waals surface area contributed by atoms with Crippen molar-refractivity contribution >= 4 is 20.9 Å². The van der Waals surface area contributed by atoms with Gasteiger partial charge in [0.05, 0.1) is 10.4 Å². The summed E-state index contributed by atoms with van der Waals surface area (Å²) in [4.78, 5) is 4.34. The quantitative estimate of drug-likeness (QED) is 0.566. The first-order chi connectivity index (χ1) is 12.1. The number of fused-ring (bicyclic) bond motifs is 1. The molecule has 2 aromatic heterocycles. The Bertz CT molecular complexity index is 1150. The van der Waals surface area contributed by atoms with E-state index in [-0.39, 0.29) is 4.90 Å². The molecule has 0 saturated heterocycles. The predicted octanol–water partition coefficient (Wildman–Crippen LogP) is 3.64. The van der Waals surface area contributed by atoms with Gasteiger partial charge in [0.1, 0.15) is 5.69 Å². The van der Waals surface area contributed by atoms with Crippen LogP contribution in [0, 0.1) is 6.92 Å². The lowest BCUT2D eigenvalue weighted by atomic mass is 10.1. The van der Waals surface area contributed by atoms with E-state index in [4.69, 9.17) is 0 Å². The van der Waals surface area contributed by atoms with Gasteiger partial charge in [0.15, 0.2) is 0 Å². The Labute approximate surface area is 145 Å². The van der Waals surface area contributed by atoms with Gasteiger partial charge in [-0.05, 0) is 25.1 Å². The molecular weight excluding hydrogens is 334 g/mol. The molecule has 0 amide bonds. The minimum Gasteiger partial charge on any atom is -0.264 e. The van der Waals surface area contributed by atoms with E-state index in [1.165, 1.54) is 0 Å². The number of hydrogen-bond donors (Lipinski definition) is 0. The first kappa shape index (κ1) is 15.5. The second-order valence-electron chi connectivity index (χ2n) is 5.77. The van der Waals surface area contributed by atoms with Crippen molar-refractivity contribution in [3.05, 3.63) is 78.6 Å². The molecule has 25 heavy (non-hydrogen) atoms. The van der Waals surface area contributed by atoms with Crippen LogP contribution in [0.3, 0.4) is 0 Å². The Morgan fingerprint density at radius 2 is 1.64 bits per heavy atom. The lowest BCUT2D eigenvalue weighted by molar-refractivity contribution is 0.582. The second-order valence-corrected chi connectivity index (χ2v) is 7.54. The lowest BCUT2D eigenvalue weighted by Gasteiger charge is -2.06. The molecule has 0 saturated carbocycles. The predicted molar refractivity (Wildman–Crippen MR) is 96.7 cm³/mol. The summed E-state index contributed by atoms with van der Waals surface area (Å²) in [5.74, 6) is 0. The fourth-order valence-corrected chi connectivity index (χ4v) is 4.02. The van der Waals surface area contributed by atoms with Crippen LogP contribution in [-0.2, 0) is 10.0 Å². The van der Waals surface area contributed by atoms with Crippen molar-refractivity contribution in [2.45, 2.75) is 11.8 Å². The zero-order valence-corrected chi connectivity index (χ0v) is 14.3. The van der Waals surface area contributed by atoms with E-state index in [2.05, 4.69) is 10.1 Å². The average Bonchev–Trinajstić information content (AvgIpc) is 3.03. The molecule has 0 aliphatic rings. The van der Waals surface area contributed by atoms with Crippen LogP contribution in [0.5, 0.6) is 0 Å². The van der Waals surface area contributed by atoms with Crippen LogP contribution in [0.4, 0.5) is 0 Å². The molecular formula is C19H15N3O2S. The molecule has 0 aliphatic heterocycles. The minimum atomic E-state index is -3.79. The van der Waals surface area contributed by atoms with E-state index in [1.54, 1.807) is 42.7 Å². The van der Waals surface area contributed by atoms with E-state index in [0.717, 1.165) is 15.2 Å². The van der Waals surface area contributed by atoms with Crippen LogP contribution >= 0.6 is 0 Å². The summed E-state index contributed by atoms with van der Waals surface area (Å²) in [6.07, 6.45) is 3.21. The van der Waals surface area contributed by atoms with Crippen LogP contribution in [0.25, 0.3) is 22.2 Å². The highest BCUT2D eigenvalue weighted by Gasteiger charge is 2.23. The zero-order valence-electron chi connectivity index (χ0n) is 13.5. The molecule has 0 aliphatic carbocycles. The minimum absolute atomic E-state index is 0.207. The molecule has 6 heteroatoms. The molecule has 0 spiro atoms. The van der Waals surface area contributed by atoms with Crippen molar-refractivity contribution < 1.29 is 8.42 Å². The third kappa shape index (κ3) is 2.60. The number of hydrogen-bond acceptors (Lipinski definition) is 4. The topological polar surface area (TPSA) is 64.8 Å². The number of rotatable bonds is 3. The highest BCUT2D eigenvalue weighted by atomic mass is 32.2. The Kier molecular flexibility index (Phi) is 3.62. The average molecular weight is 349 g/mol. The van der Waals surface area contributed by atoms with Crippen molar-refractivity contribution in [2.24, 2.45) is 0 Å². The number of nitrogens with zero attached hydrogens (tertiary/aromatic N) is 3. The summed E-state index contributed by atoms with van der Waals surface area (Å²) in [6.45, 7) is 1.92. The third-order valence-electron chi connectivity index (χ3n) is 4.04. The van der Waals surface area contributed by atoms with Gasteiger partial charge in [0.25, 0.3) is 10.0 Å². The van der Waals surface area contributed by atoms with Crippen molar-refractivity contribution in [1.29, 1.82) is 0 Å². The van der Waals surface area contributed by atoms with Gasteiger partial charge in [-0.3, -0.25) is 4.98 Å². The molecule has 4 rings (SSSR count). The number of aromatic nitrogens is 3. The van der Waals surface area contributed by atoms with E-state index < -0.39 is 10.0 Å². The van der Waals surface area contributed by atoms with Crippen molar-refractivity contribution in [3.8, 4) is 11.3 Å². The summed E-state index contributed by atoms with van der Waals surface area (Å²) < 4.78 is 27.3. The summed E-state index contributed by atoms with van der Waals surface area (Å²) in [6, 6.07) is 17.9. The number of benzene rings is 2. The third-order valence-corrected chi connectivity index (χ3v) is 5.65. The van der Waals surface area contributed by atoms with Gasteiger partial charge < -0.3 is 0 Å².